The number of esters is 1. The van der Waals surface area contributed by atoms with Crippen LogP contribution in [0.15, 0.2) is 41.0 Å². The fourth-order valence-electron chi connectivity index (χ4n) is 1.04. The van der Waals surface area contributed by atoms with Gasteiger partial charge in [0, 0.05) is 6.08 Å². The second kappa shape index (κ2) is 6.63. The summed E-state index contributed by atoms with van der Waals surface area (Å²) in [5, 5.41) is 9.50. The molecule has 0 aliphatic heterocycles. The predicted octanol–water partition coefficient (Wildman–Crippen LogP) is 1.77. The maximum atomic E-state index is 10.7. The third-order valence-electron chi connectivity index (χ3n) is 1.86. The lowest BCUT2D eigenvalue weighted by atomic mass is 10.2. The molecule has 16 heavy (non-hydrogen) atoms. The Morgan fingerprint density at radius 3 is 3.12 bits per heavy atom. The van der Waals surface area contributed by atoms with Crippen LogP contribution in [0, 0.1) is 0 Å². The lowest BCUT2D eigenvalue weighted by Crippen LogP contribution is -2.00. The Hall–Kier alpha value is -1.81. The first-order valence-electron chi connectivity index (χ1n) is 4.86. The second-order valence-electron chi connectivity index (χ2n) is 3.10. The highest BCUT2D eigenvalue weighted by atomic mass is 16.5. The first-order valence-corrected chi connectivity index (χ1v) is 4.86. The number of methoxy groups -OCH3 is 1. The van der Waals surface area contributed by atoms with Gasteiger partial charge in [0.1, 0.15) is 5.76 Å². The van der Waals surface area contributed by atoms with E-state index in [0.717, 1.165) is 0 Å². The van der Waals surface area contributed by atoms with Gasteiger partial charge in [-0.2, -0.15) is 0 Å². The van der Waals surface area contributed by atoms with Gasteiger partial charge in [-0.15, -0.1) is 0 Å². The number of aliphatic hydroxyl groups excluding tert-OH is 1. The van der Waals surface area contributed by atoms with Crippen molar-refractivity contribution in [2.45, 2.75) is 12.5 Å². The monoisotopic (exact) mass is 222 g/mol. The Morgan fingerprint density at radius 1 is 1.69 bits per heavy atom. The molecule has 4 nitrogen and oxygen atoms in total. The molecule has 1 rings (SSSR count). The number of rotatable bonds is 5. The number of ether oxygens (including phenoxy) is 1. The maximum absolute atomic E-state index is 10.7. The summed E-state index contributed by atoms with van der Waals surface area (Å²) in [6, 6.07) is 3.55. The topological polar surface area (TPSA) is 59.7 Å². The minimum Gasteiger partial charge on any atom is -0.466 e. The highest BCUT2D eigenvalue weighted by Crippen LogP contribution is 2.05. The average Bonchev–Trinajstić information content (AvgIpc) is 2.79. The maximum Gasteiger partial charge on any atom is 0.330 e. The van der Waals surface area contributed by atoms with Crippen molar-refractivity contribution >= 4 is 12.0 Å². The smallest absolute Gasteiger partial charge is 0.330 e. The van der Waals surface area contributed by atoms with E-state index in [1.54, 1.807) is 36.6 Å². The first-order chi connectivity index (χ1) is 7.72. The summed E-state index contributed by atoms with van der Waals surface area (Å²) in [6.07, 6.45) is 7.38. The van der Waals surface area contributed by atoms with E-state index >= 15 is 0 Å². The normalized spacial score (nSPS) is 13.4. The summed E-state index contributed by atoms with van der Waals surface area (Å²) in [6.45, 7) is 0. The summed E-state index contributed by atoms with van der Waals surface area (Å²) in [5.74, 6) is 0.248. The standard InChI is InChI=1S/C12H14O4/c1-15-12(14)6-2-4-10(13)7-8-11-5-3-9-16-11/h2-3,5-10,13H,4H2,1H3/b6-2+,8-7+. The highest BCUT2D eigenvalue weighted by molar-refractivity contribution is 5.81. The molecular formula is C12H14O4. The largest absolute Gasteiger partial charge is 0.466 e. The van der Waals surface area contributed by atoms with Gasteiger partial charge in [-0.1, -0.05) is 12.2 Å². The van der Waals surface area contributed by atoms with Crippen LogP contribution >= 0.6 is 0 Å². The zero-order valence-electron chi connectivity index (χ0n) is 9.00. The number of carbonyl (C=O) groups is 1. The van der Waals surface area contributed by atoms with E-state index in [-0.39, 0.29) is 0 Å². The SMILES string of the molecule is COC(=O)/C=C/CC(O)/C=C/c1ccco1. The third kappa shape index (κ3) is 4.61. The molecule has 4 heteroatoms. The van der Waals surface area contributed by atoms with Gasteiger partial charge in [-0.3, -0.25) is 0 Å². The molecule has 0 saturated heterocycles. The van der Waals surface area contributed by atoms with Crippen LogP contribution in [0.25, 0.3) is 6.08 Å². The van der Waals surface area contributed by atoms with Crippen LogP contribution in [0.3, 0.4) is 0 Å². The van der Waals surface area contributed by atoms with E-state index in [9.17, 15) is 9.90 Å². The number of carbonyl (C=O) groups excluding carboxylic acids is 1. The summed E-state index contributed by atoms with van der Waals surface area (Å²) in [4.78, 5) is 10.7. The molecule has 1 aromatic rings. The Balaban J connectivity index is 2.33. The molecule has 0 saturated carbocycles. The average molecular weight is 222 g/mol. The molecule has 0 aliphatic carbocycles. The van der Waals surface area contributed by atoms with Crippen LogP contribution < -0.4 is 0 Å². The van der Waals surface area contributed by atoms with Crippen LogP contribution in [0.5, 0.6) is 0 Å². The first kappa shape index (κ1) is 12.3. The fourth-order valence-corrected chi connectivity index (χ4v) is 1.04. The van der Waals surface area contributed by atoms with E-state index in [1.165, 1.54) is 13.2 Å². The summed E-state index contributed by atoms with van der Waals surface area (Å²) < 4.78 is 9.46. The molecule has 0 spiro atoms. The van der Waals surface area contributed by atoms with E-state index < -0.39 is 12.1 Å². The summed E-state index contributed by atoms with van der Waals surface area (Å²) >= 11 is 0. The molecule has 0 radical (unpaired) electrons. The lowest BCUT2D eigenvalue weighted by molar-refractivity contribution is -0.134. The zero-order valence-corrected chi connectivity index (χ0v) is 9.00. The van der Waals surface area contributed by atoms with Gasteiger partial charge < -0.3 is 14.3 Å². The van der Waals surface area contributed by atoms with Crippen LogP contribution in [-0.4, -0.2) is 24.3 Å². The van der Waals surface area contributed by atoms with Crippen molar-refractivity contribution < 1.29 is 19.1 Å². The number of hydrogen-bond acceptors (Lipinski definition) is 4. The predicted molar refractivity (Wildman–Crippen MR) is 59.5 cm³/mol. The summed E-state index contributed by atoms with van der Waals surface area (Å²) in [7, 11) is 1.31. The van der Waals surface area contributed by atoms with Gasteiger partial charge in [-0.05, 0) is 24.6 Å². The van der Waals surface area contributed by atoms with E-state index in [2.05, 4.69) is 4.74 Å². The minimum absolute atomic E-state index is 0.353. The van der Waals surface area contributed by atoms with Gasteiger partial charge in [0.15, 0.2) is 0 Å². The molecule has 1 unspecified atom stereocenters. The van der Waals surface area contributed by atoms with E-state index in [4.69, 9.17) is 4.42 Å². The van der Waals surface area contributed by atoms with Crippen LogP contribution in [0.4, 0.5) is 0 Å². The van der Waals surface area contributed by atoms with E-state index in [1.807, 2.05) is 0 Å². The van der Waals surface area contributed by atoms with Crippen molar-refractivity contribution in [3.63, 3.8) is 0 Å². The van der Waals surface area contributed by atoms with E-state index in [0.29, 0.717) is 12.2 Å². The van der Waals surface area contributed by atoms with Gasteiger partial charge in [0.05, 0.1) is 19.5 Å². The van der Waals surface area contributed by atoms with Crippen molar-refractivity contribution in [3.8, 4) is 0 Å². The highest BCUT2D eigenvalue weighted by Gasteiger charge is 1.97. The quantitative estimate of drug-likeness (QED) is 0.609. The van der Waals surface area contributed by atoms with Crippen molar-refractivity contribution in [2.24, 2.45) is 0 Å². The van der Waals surface area contributed by atoms with Crippen molar-refractivity contribution in [2.75, 3.05) is 7.11 Å². The molecule has 1 heterocycles. The molecule has 0 fully saturated rings. The van der Waals surface area contributed by atoms with Crippen molar-refractivity contribution in [1.29, 1.82) is 0 Å². The molecular weight excluding hydrogens is 208 g/mol. The van der Waals surface area contributed by atoms with Crippen molar-refractivity contribution in [3.05, 3.63) is 42.4 Å². The fraction of sp³-hybridized carbons (Fsp3) is 0.250. The summed E-state index contributed by atoms with van der Waals surface area (Å²) in [5.41, 5.74) is 0. The van der Waals surface area contributed by atoms with Crippen LogP contribution in [0.2, 0.25) is 0 Å². The Labute approximate surface area is 93.8 Å². The number of aliphatic hydroxyl groups is 1. The van der Waals surface area contributed by atoms with Crippen LogP contribution in [-0.2, 0) is 9.53 Å². The molecule has 0 aromatic carbocycles. The molecule has 86 valence electrons. The minimum atomic E-state index is -0.647. The Morgan fingerprint density at radius 2 is 2.50 bits per heavy atom. The molecule has 0 bridgehead atoms. The molecule has 1 aromatic heterocycles. The Bertz CT molecular complexity index is 362. The third-order valence-corrected chi connectivity index (χ3v) is 1.86. The number of hydrogen-bond donors (Lipinski definition) is 1. The molecule has 1 N–H and O–H groups in total. The Kier molecular flexibility index (Phi) is 5.08. The van der Waals surface area contributed by atoms with Gasteiger partial charge in [0.25, 0.3) is 0 Å². The molecule has 0 aliphatic rings. The molecule has 1 atom stereocenters. The van der Waals surface area contributed by atoms with Gasteiger partial charge in [-0.25, -0.2) is 4.79 Å². The lowest BCUT2D eigenvalue weighted by Gasteiger charge is -1.99. The molecule has 0 amide bonds. The van der Waals surface area contributed by atoms with Crippen LogP contribution in [0.1, 0.15) is 12.2 Å². The second-order valence-corrected chi connectivity index (χ2v) is 3.10. The van der Waals surface area contributed by atoms with Gasteiger partial charge >= 0.3 is 5.97 Å². The van der Waals surface area contributed by atoms with Crippen molar-refractivity contribution in [1.82, 2.24) is 0 Å². The van der Waals surface area contributed by atoms with Gasteiger partial charge in [0.2, 0.25) is 0 Å². The number of furan rings is 1. The zero-order chi connectivity index (χ0) is 11.8.